The van der Waals surface area contributed by atoms with E-state index in [2.05, 4.69) is 16.2 Å². The van der Waals surface area contributed by atoms with Gasteiger partial charge in [-0.1, -0.05) is 24.1 Å². The Bertz CT molecular complexity index is 644. The summed E-state index contributed by atoms with van der Waals surface area (Å²) in [4.78, 5) is 15.3. The molecule has 1 heterocycles. The molecule has 0 aliphatic heterocycles. The van der Waals surface area contributed by atoms with Crippen LogP contribution in [0.2, 0.25) is 0 Å². The molecule has 2 aromatic rings. The van der Waals surface area contributed by atoms with Crippen molar-refractivity contribution in [2.75, 3.05) is 5.32 Å². The van der Waals surface area contributed by atoms with Crippen molar-refractivity contribution < 1.29 is 9.90 Å². The summed E-state index contributed by atoms with van der Waals surface area (Å²) in [6, 6.07) is 7.08. The van der Waals surface area contributed by atoms with Crippen LogP contribution in [-0.4, -0.2) is 22.1 Å². The van der Waals surface area contributed by atoms with Crippen LogP contribution < -0.4 is 5.32 Å². The predicted molar refractivity (Wildman–Crippen MR) is 70.6 cm³/mol. The van der Waals surface area contributed by atoms with Gasteiger partial charge in [0.25, 0.3) is 0 Å². The number of hydrogen-bond donors (Lipinski definition) is 2. The van der Waals surface area contributed by atoms with Crippen molar-refractivity contribution in [3.8, 4) is 12.3 Å². The Hall–Kier alpha value is -2.54. The molecule has 0 saturated carbocycles. The largest absolute Gasteiger partial charge is 0.478 e. The van der Waals surface area contributed by atoms with Crippen LogP contribution in [0, 0.1) is 12.3 Å². The lowest BCUT2D eigenvalue weighted by Crippen LogP contribution is -2.16. The Labute approximate surface area is 105 Å². The first-order valence-electron chi connectivity index (χ1n) is 5.47. The third-order valence-electron chi connectivity index (χ3n) is 2.62. The molecule has 0 amide bonds. The molecule has 1 aromatic heterocycles. The van der Waals surface area contributed by atoms with E-state index < -0.39 is 5.97 Å². The van der Waals surface area contributed by atoms with Gasteiger partial charge in [0, 0.05) is 11.6 Å². The van der Waals surface area contributed by atoms with Gasteiger partial charge < -0.3 is 10.4 Å². The maximum atomic E-state index is 11.2. The number of terminal acetylenes is 1. The minimum atomic E-state index is -1.03. The van der Waals surface area contributed by atoms with Crippen molar-refractivity contribution in [3.05, 3.63) is 36.0 Å². The lowest BCUT2D eigenvalue weighted by atomic mass is 10.1. The molecule has 4 nitrogen and oxygen atoms in total. The van der Waals surface area contributed by atoms with E-state index in [1.807, 2.05) is 24.3 Å². The van der Waals surface area contributed by atoms with Crippen molar-refractivity contribution in [1.29, 1.82) is 0 Å². The summed E-state index contributed by atoms with van der Waals surface area (Å²) in [6.45, 7) is 1.79. The first kappa shape index (κ1) is 11.9. The quantitative estimate of drug-likeness (QED) is 0.808. The van der Waals surface area contributed by atoms with Gasteiger partial charge in [0.1, 0.15) is 5.56 Å². The number of anilines is 1. The molecule has 0 aliphatic rings. The molecule has 2 rings (SSSR count). The number of nitrogens with zero attached hydrogens (tertiary/aromatic N) is 1. The Morgan fingerprint density at radius 3 is 2.89 bits per heavy atom. The number of nitrogens with one attached hydrogen (secondary N) is 1. The summed E-state index contributed by atoms with van der Waals surface area (Å²) in [6.07, 6.45) is 6.66. The molecular weight excluding hydrogens is 228 g/mol. The van der Waals surface area contributed by atoms with Crippen LogP contribution in [0.1, 0.15) is 17.3 Å². The van der Waals surface area contributed by atoms with Crippen LogP contribution in [0.5, 0.6) is 0 Å². The highest BCUT2D eigenvalue weighted by Crippen LogP contribution is 2.26. The van der Waals surface area contributed by atoms with Crippen LogP contribution in [0.25, 0.3) is 10.9 Å². The highest BCUT2D eigenvalue weighted by Gasteiger charge is 2.15. The molecule has 0 aliphatic carbocycles. The average molecular weight is 240 g/mol. The van der Waals surface area contributed by atoms with Crippen molar-refractivity contribution in [1.82, 2.24) is 4.98 Å². The van der Waals surface area contributed by atoms with Gasteiger partial charge in [-0.15, -0.1) is 6.42 Å². The minimum Gasteiger partial charge on any atom is -0.478 e. The molecule has 4 heteroatoms. The average Bonchev–Trinajstić information content (AvgIpc) is 2.38. The number of rotatable bonds is 3. The van der Waals surface area contributed by atoms with Gasteiger partial charge in [-0.05, 0) is 13.0 Å². The molecule has 0 spiro atoms. The Kier molecular flexibility index (Phi) is 3.16. The van der Waals surface area contributed by atoms with Crippen molar-refractivity contribution >= 4 is 22.6 Å². The second-order valence-electron chi connectivity index (χ2n) is 3.90. The smallest absolute Gasteiger partial charge is 0.339 e. The highest BCUT2D eigenvalue weighted by atomic mass is 16.4. The first-order chi connectivity index (χ1) is 8.63. The van der Waals surface area contributed by atoms with Crippen LogP contribution in [0.3, 0.4) is 0 Å². The van der Waals surface area contributed by atoms with E-state index in [4.69, 9.17) is 6.42 Å². The Morgan fingerprint density at radius 1 is 1.50 bits per heavy atom. The molecule has 1 unspecified atom stereocenters. The summed E-state index contributed by atoms with van der Waals surface area (Å²) in [5.74, 6) is 1.49. The fourth-order valence-corrected chi connectivity index (χ4v) is 1.72. The fraction of sp³-hybridized carbons (Fsp3) is 0.143. The lowest BCUT2D eigenvalue weighted by Gasteiger charge is -2.14. The third-order valence-corrected chi connectivity index (χ3v) is 2.62. The second kappa shape index (κ2) is 4.76. The number of aromatic carboxylic acids is 1. The summed E-state index contributed by atoms with van der Waals surface area (Å²) in [7, 11) is 0. The third kappa shape index (κ3) is 2.11. The zero-order valence-corrected chi connectivity index (χ0v) is 9.84. The number of fused-ring (bicyclic) bond motifs is 1. The van der Waals surface area contributed by atoms with Crippen LogP contribution >= 0.6 is 0 Å². The zero-order valence-electron chi connectivity index (χ0n) is 9.84. The molecular formula is C14H12N2O2. The van der Waals surface area contributed by atoms with Crippen LogP contribution in [-0.2, 0) is 0 Å². The number of carboxylic acid groups (broad SMARTS) is 1. The number of hydrogen-bond acceptors (Lipinski definition) is 3. The van der Waals surface area contributed by atoms with Crippen LogP contribution in [0.15, 0.2) is 30.5 Å². The highest BCUT2D eigenvalue weighted by molar-refractivity contribution is 6.04. The molecule has 1 atom stereocenters. The molecule has 0 fully saturated rings. The first-order valence-corrected chi connectivity index (χ1v) is 5.47. The zero-order chi connectivity index (χ0) is 13.1. The van der Waals surface area contributed by atoms with Gasteiger partial charge in [0.15, 0.2) is 0 Å². The molecule has 18 heavy (non-hydrogen) atoms. The second-order valence-corrected chi connectivity index (χ2v) is 3.90. The van der Waals surface area contributed by atoms with Gasteiger partial charge in [0.2, 0.25) is 0 Å². The normalized spacial score (nSPS) is 11.8. The van der Waals surface area contributed by atoms with Crippen LogP contribution in [0.4, 0.5) is 5.69 Å². The SMILES string of the molecule is C#CC(C)Nc1c(C(=O)O)cnc2ccccc12. The number of benzene rings is 1. The molecule has 2 N–H and O–H groups in total. The van der Waals surface area contributed by atoms with E-state index in [-0.39, 0.29) is 11.6 Å². The minimum absolute atomic E-state index is 0.121. The standard InChI is InChI=1S/C14H12N2O2/c1-3-9(2)16-13-10-6-4-5-7-12(10)15-8-11(13)14(17)18/h1,4-9H,2H3,(H,15,16)(H,17,18). The number of carbonyl (C=O) groups is 1. The maximum Gasteiger partial charge on any atom is 0.339 e. The Morgan fingerprint density at radius 2 is 2.22 bits per heavy atom. The fourth-order valence-electron chi connectivity index (χ4n) is 1.72. The molecule has 1 aromatic carbocycles. The Balaban J connectivity index is 2.67. The number of pyridine rings is 1. The monoisotopic (exact) mass is 240 g/mol. The summed E-state index contributed by atoms with van der Waals surface area (Å²) in [5, 5.41) is 13.0. The van der Waals surface area contributed by atoms with Gasteiger partial charge in [-0.25, -0.2) is 4.79 Å². The number of aromatic nitrogens is 1. The van der Waals surface area contributed by atoms with Gasteiger partial charge in [-0.3, -0.25) is 4.98 Å². The van der Waals surface area contributed by atoms with Crippen molar-refractivity contribution in [3.63, 3.8) is 0 Å². The predicted octanol–water partition coefficient (Wildman–Crippen LogP) is 2.37. The van der Waals surface area contributed by atoms with E-state index in [1.165, 1.54) is 6.20 Å². The van der Waals surface area contributed by atoms with E-state index in [9.17, 15) is 9.90 Å². The summed E-state index contributed by atoms with van der Waals surface area (Å²) in [5.41, 5.74) is 1.36. The van der Waals surface area contributed by atoms with Gasteiger partial charge >= 0.3 is 5.97 Å². The molecule has 0 radical (unpaired) electrons. The molecule has 0 saturated heterocycles. The van der Waals surface area contributed by atoms with Crippen molar-refractivity contribution in [2.45, 2.75) is 13.0 Å². The van der Waals surface area contributed by atoms with E-state index >= 15 is 0 Å². The number of carboxylic acids is 1. The summed E-state index contributed by atoms with van der Waals surface area (Å²) < 4.78 is 0. The van der Waals surface area contributed by atoms with Gasteiger partial charge in [0.05, 0.1) is 17.2 Å². The molecule has 90 valence electrons. The van der Waals surface area contributed by atoms with E-state index in [0.717, 1.165) is 10.9 Å². The lowest BCUT2D eigenvalue weighted by molar-refractivity contribution is 0.0697. The maximum absolute atomic E-state index is 11.2. The number of para-hydroxylation sites is 1. The molecule has 0 bridgehead atoms. The van der Waals surface area contributed by atoms with Crippen molar-refractivity contribution in [2.24, 2.45) is 0 Å². The van der Waals surface area contributed by atoms with E-state index in [0.29, 0.717) is 5.69 Å². The van der Waals surface area contributed by atoms with E-state index in [1.54, 1.807) is 6.92 Å². The van der Waals surface area contributed by atoms with Gasteiger partial charge in [-0.2, -0.15) is 0 Å². The summed E-state index contributed by atoms with van der Waals surface area (Å²) >= 11 is 0. The topological polar surface area (TPSA) is 62.2 Å².